The van der Waals surface area contributed by atoms with Gasteiger partial charge in [-0.25, -0.2) is 9.59 Å². The Kier molecular flexibility index (Phi) is 4.78. The van der Waals surface area contributed by atoms with E-state index in [2.05, 4.69) is 5.32 Å². The van der Waals surface area contributed by atoms with Gasteiger partial charge in [0.25, 0.3) is 0 Å². The lowest BCUT2D eigenvalue weighted by Crippen LogP contribution is -2.53. The van der Waals surface area contributed by atoms with Crippen LogP contribution in [0.25, 0.3) is 0 Å². The van der Waals surface area contributed by atoms with Crippen molar-refractivity contribution >= 4 is 12.0 Å². The van der Waals surface area contributed by atoms with Crippen molar-refractivity contribution in [1.82, 2.24) is 10.2 Å². The molecule has 0 heterocycles. The zero-order chi connectivity index (χ0) is 13.0. The van der Waals surface area contributed by atoms with Gasteiger partial charge in [0.05, 0.1) is 0 Å². The van der Waals surface area contributed by atoms with Crippen molar-refractivity contribution in [3.8, 4) is 0 Å². The largest absolute Gasteiger partial charge is 0.480 e. The van der Waals surface area contributed by atoms with Gasteiger partial charge in [0.2, 0.25) is 0 Å². The highest BCUT2D eigenvalue weighted by molar-refractivity contribution is 5.82. The summed E-state index contributed by atoms with van der Waals surface area (Å²) in [5.41, 5.74) is 0. The topological polar surface area (TPSA) is 69.6 Å². The maximum Gasteiger partial charge on any atom is 0.326 e. The van der Waals surface area contributed by atoms with Crippen molar-refractivity contribution in [3.63, 3.8) is 0 Å². The fraction of sp³-hybridized carbons (Fsp3) is 0.833. The van der Waals surface area contributed by atoms with E-state index in [4.69, 9.17) is 5.11 Å². The van der Waals surface area contributed by atoms with Gasteiger partial charge in [-0.2, -0.15) is 0 Å². The molecule has 0 radical (unpaired) electrons. The molecule has 5 heteroatoms. The van der Waals surface area contributed by atoms with E-state index in [1.807, 2.05) is 13.8 Å². The second-order valence-corrected chi connectivity index (χ2v) is 4.85. The molecule has 1 aliphatic rings. The minimum Gasteiger partial charge on any atom is -0.480 e. The summed E-state index contributed by atoms with van der Waals surface area (Å²) in [6, 6.07) is -0.793. The first-order valence-electron chi connectivity index (χ1n) is 6.23. The van der Waals surface area contributed by atoms with E-state index in [-0.39, 0.29) is 18.0 Å². The Labute approximate surface area is 102 Å². The van der Waals surface area contributed by atoms with E-state index in [0.717, 1.165) is 25.7 Å². The predicted octanol–water partition coefficient (Wildman–Crippen LogP) is 1.68. The third-order valence-electron chi connectivity index (χ3n) is 3.70. The summed E-state index contributed by atoms with van der Waals surface area (Å²) in [4.78, 5) is 24.6. The van der Waals surface area contributed by atoms with E-state index in [0.29, 0.717) is 0 Å². The molecule has 0 aromatic rings. The highest BCUT2D eigenvalue weighted by Gasteiger charge is 2.30. The molecule has 1 unspecified atom stereocenters. The van der Waals surface area contributed by atoms with Gasteiger partial charge in [-0.3, -0.25) is 0 Å². The summed E-state index contributed by atoms with van der Waals surface area (Å²) < 4.78 is 0. The summed E-state index contributed by atoms with van der Waals surface area (Å²) in [6.45, 7) is 3.75. The van der Waals surface area contributed by atoms with Crippen LogP contribution in [-0.2, 0) is 4.79 Å². The van der Waals surface area contributed by atoms with Gasteiger partial charge in [-0.1, -0.05) is 20.3 Å². The van der Waals surface area contributed by atoms with Crippen molar-refractivity contribution < 1.29 is 14.7 Å². The fourth-order valence-corrected chi connectivity index (χ4v) is 1.86. The standard InChI is InChI=1S/C12H22N2O3/c1-4-8(2)10(11(15)16)13-12(17)14(3)9-6-5-7-9/h8-10H,4-7H2,1-3H3,(H,13,17)(H,15,16)/t8?,10-/m0/s1. The first-order chi connectivity index (χ1) is 7.97. The number of carboxylic acid groups (broad SMARTS) is 1. The SMILES string of the molecule is CCC(C)[C@H](NC(=O)N(C)C1CCC1)C(=O)O. The molecule has 2 atom stereocenters. The molecule has 2 amide bonds. The number of carbonyl (C=O) groups excluding carboxylic acids is 1. The van der Waals surface area contributed by atoms with Crippen LogP contribution in [-0.4, -0.2) is 41.1 Å². The van der Waals surface area contributed by atoms with Crippen LogP contribution < -0.4 is 5.32 Å². The van der Waals surface area contributed by atoms with Crippen LogP contribution in [0.5, 0.6) is 0 Å². The number of hydrogen-bond donors (Lipinski definition) is 2. The van der Waals surface area contributed by atoms with Crippen LogP contribution in [0.15, 0.2) is 0 Å². The molecule has 0 spiro atoms. The summed E-state index contributed by atoms with van der Waals surface area (Å²) >= 11 is 0. The highest BCUT2D eigenvalue weighted by Crippen LogP contribution is 2.23. The molecule has 2 N–H and O–H groups in total. The predicted molar refractivity (Wildman–Crippen MR) is 64.8 cm³/mol. The van der Waals surface area contributed by atoms with Crippen LogP contribution >= 0.6 is 0 Å². The van der Waals surface area contributed by atoms with Crippen LogP contribution in [0.4, 0.5) is 4.79 Å². The molecule has 5 nitrogen and oxygen atoms in total. The van der Waals surface area contributed by atoms with Crippen LogP contribution in [0, 0.1) is 5.92 Å². The van der Waals surface area contributed by atoms with Crippen LogP contribution in [0.1, 0.15) is 39.5 Å². The maximum absolute atomic E-state index is 11.9. The molecule has 1 rings (SSSR count). The van der Waals surface area contributed by atoms with E-state index < -0.39 is 12.0 Å². The van der Waals surface area contributed by atoms with Gasteiger partial charge in [0.15, 0.2) is 0 Å². The Bertz CT molecular complexity index is 289. The lowest BCUT2D eigenvalue weighted by atomic mass is 9.92. The van der Waals surface area contributed by atoms with E-state index in [1.54, 1.807) is 11.9 Å². The van der Waals surface area contributed by atoms with Gasteiger partial charge >= 0.3 is 12.0 Å². The van der Waals surface area contributed by atoms with Crippen molar-refractivity contribution in [2.75, 3.05) is 7.05 Å². The Morgan fingerprint density at radius 3 is 2.41 bits per heavy atom. The Morgan fingerprint density at radius 2 is 2.06 bits per heavy atom. The zero-order valence-electron chi connectivity index (χ0n) is 10.8. The van der Waals surface area contributed by atoms with Crippen LogP contribution in [0.3, 0.4) is 0 Å². The van der Waals surface area contributed by atoms with Gasteiger partial charge in [-0.15, -0.1) is 0 Å². The quantitative estimate of drug-likeness (QED) is 0.770. The van der Waals surface area contributed by atoms with E-state index in [1.165, 1.54) is 0 Å². The lowest BCUT2D eigenvalue weighted by Gasteiger charge is -2.35. The molecule has 0 aromatic heterocycles. The number of urea groups is 1. The molecule has 98 valence electrons. The molecule has 0 bridgehead atoms. The Hall–Kier alpha value is -1.26. The highest BCUT2D eigenvalue weighted by atomic mass is 16.4. The molecular weight excluding hydrogens is 220 g/mol. The minimum atomic E-state index is -0.963. The van der Waals surface area contributed by atoms with Gasteiger partial charge in [-0.05, 0) is 25.2 Å². The first-order valence-corrected chi connectivity index (χ1v) is 6.23. The number of nitrogens with zero attached hydrogens (tertiary/aromatic N) is 1. The minimum absolute atomic E-state index is 0.0637. The van der Waals surface area contributed by atoms with E-state index >= 15 is 0 Å². The fourth-order valence-electron chi connectivity index (χ4n) is 1.86. The molecule has 0 aromatic carbocycles. The van der Waals surface area contributed by atoms with Gasteiger partial charge in [0.1, 0.15) is 6.04 Å². The molecule has 1 fully saturated rings. The average molecular weight is 242 g/mol. The monoisotopic (exact) mass is 242 g/mol. The van der Waals surface area contributed by atoms with Crippen molar-refractivity contribution in [2.24, 2.45) is 5.92 Å². The zero-order valence-corrected chi connectivity index (χ0v) is 10.8. The maximum atomic E-state index is 11.9. The van der Waals surface area contributed by atoms with Crippen molar-refractivity contribution in [2.45, 2.75) is 51.6 Å². The first kappa shape index (κ1) is 13.8. The molecule has 0 saturated heterocycles. The van der Waals surface area contributed by atoms with Crippen molar-refractivity contribution in [1.29, 1.82) is 0 Å². The normalized spacial score (nSPS) is 19.0. The molecule has 17 heavy (non-hydrogen) atoms. The third-order valence-corrected chi connectivity index (χ3v) is 3.70. The Morgan fingerprint density at radius 1 is 1.47 bits per heavy atom. The Balaban J connectivity index is 2.53. The van der Waals surface area contributed by atoms with Gasteiger partial charge < -0.3 is 15.3 Å². The summed E-state index contributed by atoms with van der Waals surface area (Å²) in [5.74, 6) is -1.03. The number of amides is 2. The summed E-state index contributed by atoms with van der Waals surface area (Å²) in [6.07, 6.45) is 3.91. The number of rotatable bonds is 5. The molecule has 0 aliphatic heterocycles. The molecule has 1 saturated carbocycles. The van der Waals surface area contributed by atoms with Gasteiger partial charge in [0, 0.05) is 13.1 Å². The number of carbonyl (C=O) groups is 2. The number of hydrogen-bond acceptors (Lipinski definition) is 2. The summed E-state index contributed by atoms with van der Waals surface area (Å²) in [5, 5.41) is 11.7. The number of aliphatic carboxylic acids is 1. The smallest absolute Gasteiger partial charge is 0.326 e. The second-order valence-electron chi connectivity index (χ2n) is 4.85. The van der Waals surface area contributed by atoms with Crippen LogP contribution in [0.2, 0.25) is 0 Å². The summed E-state index contributed by atoms with van der Waals surface area (Å²) in [7, 11) is 1.73. The number of nitrogens with one attached hydrogen (secondary N) is 1. The average Bonchev–Trinajstić information content (AvgIpc) is 2.21. The van der Waals surface area contributed by atoms with Crippen molar-refractivity contribution in [3.05, 3.63) is 0 Å². The lowest BCUT2D eigenvalue weighted by molar-refractivity contribution is -0.140. The van der Waals surface area contributed by atoms with E-state index in [9.17, 15) is 9.59 Å². The number of carboxylic acids is 1. The molecule has 1 aliphatic carbocycles. The molecular formula is C12H22N2O3. The third kappa shape index (κ3) is 3.35. The second kappa shape index (κ2) is 5.89.